The number of likely N-dealkylation sites (N-methyl/N-ethyl adjacent to an activating group) is 2. The predicted molar refractivity (Wildman–Crippen MR) is 130 cm³/mol. The Morgan fingerprint density at radius 2 is 1.85 bits per heavy atom. The van der Waals surface area contributed by atoms with Crippen LogP contribution in [0.25, 0.3) is 0 Å². The van der Waals surface area contributed by atoms with Gasteiger partial charge < -0.3 is 25.0 Å². The largest absolute Gasteiger partial charge is 0.491 e. The zero-order chi connectivity index (χ0) is 24.0. The van der Waals surface area contributed by atoms with Crippen LogP contribution in [0, 0.1) is 5.92 Å². The van der Waals surface area contributed by atoms with Crippen molar-refractivity contribution in [3.63, 3.8) is 0 Å². The highest BCUT2D eigenvalue weighted by molar-refractivity contribution is 5.99. The third-order valence-electron chi connectivity index (χ3n) is 6.95. The van der Waals surface area contributed by atoms with Crippen molar-refractivity contribution in [2.75, 3.05) is 46.2 Å². The van der Waals surface area contributed by atoms with Crippen LogP contribution in [0.2, 0.25) is 0 Å². The summed E-state index contributed by atoms with van der Waals surface area (Å²) in [6.45, 7) is 6.03. The maximum absolute atomic E-state index is 13.4. The average Bonchev–Trinajstić information content (AvgIpc) is 2.80. The number of carbonyl (C=O) groups is 2. The number of nitrogens with one attached hydrogen (secondary N) is 2. The van der Waals surface area contributed by atoms with Crippen LogP contribution in [0.15, 0.2) is 18.2 Å². The first-order chi connectivity index (χ1) is 15.8. The van der Waals surface area contributed by atoms with Crippen molar-refractivity contribution in [1.29, 1.82) is 0 Å². The first-order valence-electron chi connectivity index (χ1n) is 12.1. The molecule has 2 N–H and O–H groups in total. The molecule has 3 atom stereocenters. The highest BCUT2D eigenvalue weighted by atomic mass is 16.5. The summed E-state index contributed by atoms with van der Waals surface area (Å²) >= 11 is 0. The van der Waals surface area contributed by atoms with E-state index in [1.54, 1.807) is 37.3 Å². The molecular formula is C25H40N4O4. The van der Waals surface area contributed by atoms with Crippen LogP contribution >= 0.6 is 0 Å². The van der Waals surface area contributed by atoms with Crippen LogP contribution in [0.4, 0.5) is 10.5 Å². The van der Waals surface area contributed by atoms with Crippen molar-refractivity contribution in [2.45, 2.75) is 64.1 Å². The summed E-state index contributed by atoms with van der Waals surface area (Å²) in [5.41, 5.74) is 1.01. The maximum Gasteiger partial charge on any atom is 0.319 e. The molecule has 3 amide bonds. The Morgan fingerprint density at radius 1 is 1.12 bits per heavy atom. The molecule has 1 aliphatic carbocycles. The molecule has 1 heterocycles. The third-order valence-corrected chi connectivity index (χ3v) is 6.95. The van der Waals surface area contributed by atoms with E-state index in [0.717, 1.165) is 32.2 Å². The zero-order valence-corrected chi connectivity index (χ0v) is 20.7. The molecule has 1 aromatic rings. The Bertz CT molecular complexity index is 812. The van der Waals surface area contributed by atoms with Gasteiger partial charge in [-0.05, 0) is 50.9 Å². The first-order valence-corrected chi connectivity index (χ1v) is 12.1. The fraction of sp³-hybridized carbons (Fsp3) is 0.680. The lowest BCUT2D eigenvalue weighted by molar-refractivity contribution is 0.0150. The topological polar surface area (TPSA) is 83.1 Å². The number of anilines is 1. The molecule has 1 fully saturated rings. The number of methoxy groups -OCH3 is 1. The van der Waals surface area contributed by atoms with E-state index in [2.05, 4.69) is 36.4 Å². The van der Waals surface area contributed by atoms with Crippen LogP contribution in [-0.4, -0.2) is 80.8 Å². The normalized spacial score (nSPS) is 25.9. The van der Waals surface area contributed by atoms with Gasteiger partial charge in [-0.1, -0.05) is 26.2 Å². The zero-order valence-electron chi connectivity index (χ0n) is 20.7. The van der Waals surface area contributed by atoms with Gasteiger partial charge in [-0.15, -0.1) is 0 Å². The minimum absolute atomic E-state index is 0.0834. The molecule has 0 aromatic heterocycles. The number of fused-ring (bicyclic) bond motifs is 1. The quantitative estimate of drug-likeness (QED) is 0.721. The summed E-state index contributed by atoms with van der Waals surface area (Å²) in [6.07, 6.45) is 5.48. The Balaban J connectivity index is 1.80. The minimum atomic E-state index is -0.236. The van der Waals surface area contributed by atoms with Gasteiger partial charge >= 0.3 is 6.03 Å². The summed E-state index contributed by atoms with van der Waals surface area (Å²) in [5.74, 6) is 0.609. The van der Waals surface area contributed by atoms with E-state index in [0.29, 0.717) is 30.2 Å². The Morgan fingerprint density at radius 3 is 2.55 bits per heavy atom. The summed E-state index contributed by atoms with van der Waals surface area (Å²) in [7, 11) is 5.55. The molecule has 1 aromatic carbocycles. The number of benzene rings is 1. The summed E-state index contributed by atoms with van der Waals surface area (Å²) in [4.78, 5) is 29.8. The number of carbonyl (C=O) groups excluding carboxylic acids is 2. The summed E-state index contributed by atoms with van der Waals surface area (Å²) in [6, 6.07) is 5.41. The maximum atomic E-state index is 13.4. The fourth-order valence-electron chi connectivity index (χ4n) is 4.63. The van der Waals surface area contributed by atoms with Gasteiger partial charge in [0.2, 0.25) is 0 Å². The van der Waals surface area contributed by atoms with Crippen molar-refractivity contribution >= 4 is 17.6 Å². The van der Waals surface area contributed by atoms with Gasteiger partial charge in [-0.2, -0.15) is 0 Å². The highest BCUT2D eigenvalue weighted by Gasteiger charge is 2.27. The first kappa shape index (κ1) is 25.3. The molecule has 2 aliphatic rings. The van der Waals surface area contributed by atoms with Crippen molar-refractivity contribution < 1.29 is 19.1 Å². The lowest BCUT2D eigenvalue weighted by Gasteiger charge is -2.34. The van der Waals surface area contributed by atoms with Gasteiger partial charge in [0.1, 0.15) is 12.4 Å². The number of hydrogen-bond donors (Lipinski definition) is 2. The molecule has 0 spiro atoms. The number of hydrogen-bond acceptors (Lipinski definition) is 5. The number of urea groups is 1. The van der Waals surface area contributed by atoms with E-state index in [1.165, 1.54) is 6.42 Å². The van der Waals surface area contributed by atoms with Crippen LogP contribution < -0.4 is 15.4 Å². The van der Waals surface area contributed by atoms with E-state index >= 15 is 0 Å². The van der Waals surface area contributed by atoms with Gasteiger partial charge in [0, 0.05) is 45.0 Å². The molecule has 1 saturated carbocycles. The van der Waals surface area contributed by atoms with Gasteiger partial charge in [0.15, 0.2) is 0 Å². The number of rotatable bonds is 3. The molecule has 8 nitrogen and oxygen atoms in total. The second kappa shape index (κ2) is 11.7. The SMILES string of the molecule is CO[C@@H]1CN(C)C(=O)c2cc(NC(=O)NC3CCCCC3)ccc2OC[C@@H](C)N(C)C[C@H]1C. The molecule has 8 heteroatoms. The Kier molecular flexibility index (Phi) is 8.97. The van der Waals surface area contributed by atoms with Crippen LogP contribution in [0.1, 0.15) is 56.3 Å². The molecule has 0 saturated heterocycles. The molecule has 0 bridgehead atoms. The molecule has 0 unspecified atom stereocenters. The second-order valence-corrected chi connectivity index (χ2v) is 9.68. The van der Waals surface area contributed by atoms with Crippen LogP contribution in [-0.2, 0) is 4.74 Å². The predicted octanol–water partition coefficient (Wildman–Crippen LogP) is 3.58. The van der Waals surface area contributed by atoms with Gasteiger partial charge in [-0.3, -0.25) is 9.69 Å². The Hall–Kier alpha value is -2.32. The molecule has 0 radical (unpaired) electrons. The second-order valence-electron chi connectivity index (χ2n) is 9.68. The molecule has 184 valence electrons. The van der Waals surface area contributed by atoms with Crippen LogP contribution in [0.3, 0.4) is 0 Å². The molecular weight excluding hydrogens is 420 g/mol. The van der Waals surface area contributed by atoms with Crippen molar-refractivity contribution in [3.05, 3.63) is 23.8 Å². The van der Waals surface area contributed by atoms with E-state index in [4.69, 9.17) is 9.47 Å². The van der Waals surface area contributed by atoms with Gasteiger partial charge in [0.05, 0.1) is 11.7 Å². The number of nitrogens with zero attached hydrogens (tertiary/aromatic N) is 2. The summed E-state index contributed by atoms with van der Waals surface area (Å²) < 4.78 is 11.8. The third kappa shape index (κ3) is 6.84. The number of amides is 3. The smallest absolute Gasteiger partial charge is 0.319 e. The molecule has 3 rings (SSSR count). The standard InChI is InChI=1S/C25H40N4O4/c1-17-14-28(3)18(2)16-33-22-12-11-20(27-25(31)26-19-9-7-6-8-10-19)13-21(22)24(30)29(4)15-23(17)32-5/h11-13,17-19,23H,6-10,14-16H2,1-5H3,(H2,26,27,31)/t17-,18-,23-/m1/s1. The van der Waals surface area contributed by atoms with Crippen molar-refractivity contribution in [3.8, 4) is 5.75 Å². The summed E-state index contributed by atoms with van der Waals surface area (Å²) in [5, 5.41) is 5.95. The average molecular weight is 461 g/mol. The van der Waals surface area contributed by atoms with E-state index in [-0.39, 0.29) is 36.0 Å². The Labute approximate surface area is 198 Å². The lowest BCUT2D eigenvalue weighted by atomic mass is 9.96. The van der Waals surface area contributed by atoms with E-state index in [9.17, 15) is 9.59 Å². The van der Waals surface area contributed by atoms with Gasteiger partial charge in [-0.25, -0.2) is 4.79 Å². The van der Waals surface area contributed by atoms with E-state index < -0.39 is 0 Å². The lowest BCUT2D eigenvalue weighted by Crippen LogP contribution is -2.45. The van der Waals surface area contributed by atoms with Crippen molar-refractivity contribution in [2.24, 2.45) is 5.92 Å². The number of ether oxygens (including phenoxy) is 2. The highest BCUT2D eigenvalue weighted by Crippen LogP contribution is 2.26. The molecule has 1 aliphatic heterocycles. The fourth-order valence-corrected chi connectivity index (χ4v) is 4.63. The van der Waals surface area contributed by atoms with E-state index in [1.807, 2.05) is 0 Å². The minimum Gasteiger partial charge on any atom is -0.491 e. The van der Waals surface area contributed by atoms with Crippen LogP contribution in [0.5, 0.6) is 5.75 Å². The molecule has 33 heavy (non-hydrogen) atoms. The van der Waals surface area contributed by atoms with Crippen molar-refractivity contribution in [1.82, 2.24) is 15.1 Å². The van der Waals surface area contributed by atoms with Gasteiger partial charge in [0.25, 0.3) is 5.91 Å². The monoisotopic (exact) mass is 460 g/mol.